The third-order valence-corrected chi connectivity index (χ3v) is 4.86. The first-order valence-electron chi connectivity index (χ1n) is 5.82. The van der Waals surface area contributed by atoms with Crippen LogP contribution in [-0.2, 0) is 0 Å². The molecule has 1 N–H and O–H groups in total. The average Bonchev–Trinajstić information content (AvgIpc) is 2.70. The summed E-state index contributed by atoms with van der Waals surface area (Å²) in [4.78, 5) is 2.74. The Morgan fingerprint density at radius 1 is 1.36 bits per heavy atom. The zero-order chi connectivity index (χ0) is 9.97. The Kier molecular flexibility index (Phi) is 3.74. The molecule has 0 saturated carbocycles. The largest absolute Gasteiger partial charge is 0.317 e. The van der Waals surface area contributed by atoms with Crippen LogP contribution in [0.15, 0.2) is 0 Å². The smallest absolute Gasteiger partial charge is 0.0197 e. The number of nitrogens with zero attached hydrogens (tertiary/aromatic N) is 1. The van der Waals surface area contributed by atoms with Crippen LogP contribution in [0.25, 0.3) is 0 Å². The molecule has 2 saturated heterocycles. The van der Waals surface area contributed by atoms with Crippen LogP contribution in [0.3, 0.4) is 0 Å². The SMILES string of the molecule is CNC1CCN(C2CCSC2)C(C)C1. The van der Waals surface area contributed by atoms with Crippen LogP contribution in [0, 0.1) is 0 Å². The van der Waals surface area contributed by atoms with E-state index in [1.165, 1.54) is 37.3 Å². The summed E-state index contributed by atoms with van der Waals surface area (Å²) in [6.45, 7) is 3.70. The van der Waals surface area contributed by atoms with Gasteiger partial charge in [0.2, 0.25) is 0 Å². The lowest BCUT2D eigenvalue weighted by molar-refractivity contribution is 0.101. The minimum Gasteiger partial charge on any atom is -0.317 e. The number of thioether (sulfide) groups is 1. The van der Waals surface area contributed by atoms with E-state index < -0.39 is 0 Å². The Hall–Kier alpha value is 0.270. The van der Waals surface area contributed by atoms with Crippen molar-refractivity contribution in [1.29, 1.82) is 0 Å². The van der Waals surface area contributed by atoms with Crippen molar-refractivity contribution < 1.29 is 0 Å². The Labute approximate surface area is 91.8 Å². The Morgan fingerprint density at radius 3 is 2.79 bits per heavy atom. The fraction of sp³-hybridized carbons (Fsp3) is 1.00. The molecule has 0 aromatic carbocycles. The summed E-state index contributed by atoms with van der Waals surface area (Å²) in [6, 6.07) is 2.42. The molecule has 0 bridgehead atoms. The number of hydrogen-bond donors (Lipinski definition) is 1. The van der Waals surface area contributed by atoms with Crippen LogP contribution >= 0.6 is 11.8 Å². The summed E-state index contributed by atoms with van der Waals surface area (Å²) < 4.78 is 0. The summed E-state index contributed by atoms with van der Waals surface area (Å²) in [6.07, 6.45) is 4.08. The molecule has 0 amide bonds. The zero-order valence-corrected chi connectivity index (χ0v) is 10.1. The molecular formula is C11H22N2S. The van der Waals surface area contributed by atoms with Crippen LogP contribution in [-0.4, -0.2) is 48.1 Å². The van der Waals surface area contributed by atoms with Gasteiger partial charge in [0, 0.05) is 30.4 Å². The summed E-state index contributed by atoms with van der Waals surface area (Å²) in [7, 11) is 2.10. The molecule has 2 aliphatic heterocycles. The van der Waals surface area contributed by atoms with Gasteiger partial charge in [-0.1, -0.05) is 0 Å². The third kappa shape index (κ3) is 2.26. The monoisotopic (exact) mass is 214 g/mol. The van der Waals surface area contributed by atoms with Crippen LogP contribution in [0.5, 0.6) is 0 Å². The molecule has 82 valence electrons. The van der Waals surface area contributed by atoms with E-state index in [1.807, 2.05) is 0 Å². The molecule has 0 aliphatic carbocycles. The molecular weight excluding hydrogens is 192 g/mol. The van der Waals surface area contributed by atoms with Crippen molar-refractivity contribution >= 4 is 11.8 Å². The van der Waals surface area contributed by atoms with Crippen molar-refractivity contribution in [3.05, 3.63) is 0 Å². The first-order chi connectivity index (χ1) is 6.81. The first-order valence-corrected chi connectivity index (χ1v) is 6.97. The maximum absolute atomic E-state index is 3.41. The fourth-order valence-electron chi connectivity index (χ4n) is 2.78. The lowest BCUT2D eigenvalue weighted by Crippen LogP contribution is -2.50. The number of nitrogens with one attached hydrogen (secondary N) is 1. The topological polar surface area (TPSA) is 15.3 Å². The van der Waals surface area contributed by atoms with E-state index in [9.17, 15) is 0 Å². The molecule has 0 spiro atoms. The van der Waals surface area contributed by atoms with Gasteiger partial charge in [-0.25, -0.2) is 0 Å². The van der Waals surface area contributed by atoms with Gasteiger partial charge in [-0.3, -0.25) is 4.90 Å². The predicted octanol–water partition coefficient (Wildman–Crippen LogP) is 1.56. The van der Waals surface area contributed by atoms with Gasteiger partial charge in [0.05, 0.1) is 0 Å². The van der Waals surface area contributed by atoms with Crippen molar-refractivity contribution in [2.24, 2.45) is 0 Å². The van der Waals surface area contributed by atoms with Crippen molar-refractivity contribution in [2.75, 3.05) is 25.1 Å². The molecule has 0 aromatic rings. The quantitative estimate of drug-likeness (QED) is 0.751. The highest BCUT2D eigenvalue weighted by atomic mass is 32.2. The fourth-order valence-corrected chi connectivity index (χ4v) is 4.01. The summed E-state index contributed by atoms with van der Waals surface area (Å²) in [5.41, 5.74) is 0. The second-order valence-electron chi connectivity index (χ2n) is 4.61. The number of hydrogen-bond acceptors (Lipinski definition) is 3. The van der Waals surface area contributed by atoms with Crippen LogP contribution < -0.4 is 5.32 Å². The van der Waals surface area contributed by atoms with E-state index in [4.69, 9.17) is 0 Å². The highest BCUT2D eigenvalue weighted by Gasteiger charge is 2.31. The number of rotatable bonds is 2. The summed E-state index contributed by atoms with van der Waals surface area (Å²) in [5, 5.41) is 3.41. The normalized spacial score (nSPS) is 40.3. The molecule has 2 rings (SSSR count). The van der Waals surface area contributed by atoms with Gasteiger partial charge in [0.1, 0.15) is 0 Å². The standard InChI is InChI=1S/C11H22N2S/c1-9-7-10(12-2)3-5-13(9)11-4-6-14-8-11/h9-12H,3-8H2,1-2H3. The lowest BCUT2D eigenvalue weighted by atomic mass is 9.96. The summed E-state index contributed by atoms with van der Waals surface area (Å²) in [5.74, 6) is 2.75. The minimum absolute atomic E-state index is 0.760. The molecule has 3 atom stereocenters. The molecule has 0 aromatic heterocycles. The summed E-state index contributed by atoms with van der Waals surface area (Å²) >= 11 is 2.13. The highest BCUT2D eigenvalue weighted by Crippen LogP contribution is 2.28. The van der Waals surface area contributed by atoms with E-state index >= 15 is 0 Å². The number of likely N-dealkylation sites (tertiary alicyclic amines) is 1. The van der Waals surface area contributed by atoms with Crippen molar-refractivity contribution in [2.45, 2.75) is 44.3 Å². The lowest BCUT2D eigenvalue weighted by Gasteiger charge is -2.41. The molecule has 14 heavy (non-hydrogen) atoms. The van der Waals surface area contributed by atoms with E-state index in [1.54, 1.807) is 0 Å². The van der Waals surface area contributed by atoms with Gasteiger partial charge >= 0.3 is 0 Å². The second kappa shape index (κ2) is 4.86. The van der Waals surface area contributed by atoms with Crippen molar-refractivity contribution in [3.8, 4) is 0 Å². The van der Waals surface area contributed by atoms with E-state index in [-0.39, 0.29) is 0 Å². The van der Waals surface area contributed by atoms with Crippen molar-refractivity contribution in [1.82, 2.24) is 10.2 Å². The third-order valence-electron chi connectivity index (χ3n) is 3.71. The van der Waals surface area contributed by atoms with E-state index in [0.717, 1.165) is 18.1 Å². The Morgan fingerprint density at radius 2 is 2.21 bits per heavy atom. The molecule has 2 nitrogen and oxygen atoms in total. The second-order valence-corrected chi connectivity index (χ2v) is 5.76. The van der Waals surface area contributed by atoms with Gasteiger partial charge in [-0.05, 0) is 39.0 Å². The van der Waals surface area contributed by atoms with Gasteiger partial charge in [-0.2, -0.15) is 11.8 Å². The number of piperidine rings is 1. The average molecular weight is 214 g/mol. The maximum atomic E-state index is 3.41. The van der Waals surface area contributed by atoms with Crippen LogP contribution in [0.2, 0.25) is 0 Å². The molecule has 3 unspecified atom stereocenters. The van der Waals surface area contributed by atoms with Crippen molar-refractivity contribution in [3.63, 3.8) is 0 Å². The van der Waals surface area contributed by atoms with E-state index in [2.05, 4.69) is 35.9 Å². The first kappa shape index (κ1) is 10.8. The van der Waals surface area contributed by atoms with Gasteiger partial charge < -0.3 is 5.32 Å². The molecule has 0 radical (unpaired) electrons. The van der Waals surface area contributed by atoms with Gasteiger partial charge in [-0.15, -0.1) is 0 Å². The molecule has 2 fully saturated rings. The maximum Gasteiger partial charge on any atom is 0.0197 e. The van der Waals surface area contributed by atoms with Crippen LogP contribution in [0.1, 0.15) is 26.2 Å². The molecule has 2 heterocycles. The molecule has 3 heteroatoms. The molecule has 2 aliphatic rings. The minimum atomic E-state index is 0.760. The Balaban J connectivity index is 1.88. The van der Waals surface area contributed by atoms with Crippen LogP contribution in [0.4, 0.5) is 0 Å². The van der Waals surface area contributed by atoms with Gasteiger partial charge in [0.15, 0.2) is 0 Å². The van der Waals surface area contributed by atoms with Gasteiger partial charge in [0.25, 0.3) is 0 Å². The predicted molar refractivity (Wildman–Crippen MR) is 64.0 cm³/mol. The highest BCUT2D eigenvalue weighted by molar-refractivity contribution is 7.99. The van der Waals surface area contributed by atoms with E-state index in [0.29, 0.717) is 0 Å². The zero-order valence-electron chi connectivity index (χ0n) is 9.33. The Bertz CT molecular complexity index is 180.